The van der Waals surface area contributed by atoms with E-state index in [1.165, 1.54) is 23.1 Å². The second-order valence-corrected chi connectivity index (χ2v) is 12.6. The quantitative estimate of drug-likeness (QED) is 0.187. The molecule has 0 radical (unpaired) electrons. The van der Waals surface area contributed by atoms with Crippen LogP contribution in [0.5, 0.6) is 5.75 Å². The van der Waals surface area contributed by atoms with Gasteiger partial charge < -0.3 is 10.1 Å². The maximum atomic E-state index is 13.8. The first-order valence-corrected chi connectivity index (χ1v) is 16.3. The zero-order valence-corrected chi connectivity index (χ0v) is 25.9. The number of hydrazone groups is 1. The van der Waals surface area contributed by atoms with Gasteiger partial charge in [-0.2, -0.15) is 5.10 Å². The van der Waals surface area contributed by atoms with E-state index in [0.29, 0.717) is 22.3 Å². The Morgan fingerprint density at radius 2 is 1.84 bits per heavy atom. The highest BCUT2D eigenvalue weighted by Gasteiger charge is 2.33. The summed E-state index contributed by atoms with van der Waals surface area (Å²) in [6.45, 7) is 2.20. The summed E-state index contributed by atoms with van der Waals surface area (Å²) in [5, 5.41) is 22.6. The second kappa shape index (κ2) is 12.9. The number of rotatable bonds is 10. The van der Waals surface area contributed by atoms with Crippen molar-refractivity contribution < 1.29 is 14.3 Å². The molecule has 0 aliphatic carbocycles. The average molecular weight is 629 g/mol. The van der Waals surface area contributed by atoms with Crippen LogP contribution in [0, 0.1) is 6.92 Å². The number of thiophene rings is 2. The van der Waals surface area contributed by atoms with Gasteiger partial charge in [-0.15, -0.1) is 32.9 Å². The largest absolute Gasteiger partial charge is 0.497 e. The molecule has 9 nitrogen and oxygen atoms in total. The van der Waals surface area contributed by atoms with Gasteiger partial charge in [-0.05, 0) is 65.2 Å². The van der Waals surface area contributed by atoms with Crippen molar-refractivity contribution in [1.29, 1.82) is 0 Å². The number of nitrogens with one attached hydrogen (secondary N) is 1. The van der Waals surface area contributed by atoms with Gasteiger partial charge in [0.25, 0.3) is 11.8 Å². The van der Waals surface area contributed by atoms with E-state index in [-0.39, 0.29) is 30.2 Å². The predicted molar refractivity (Wildman–Crippen MR) is 170 cm³/mol. The molecule has 1 atom stereocenters. The van der Waals surface area contributed by atoms with Crippen LogP contribution < -0.4 is 10.1 Å². The Kier molecular flexibility index (Phi) is 8.68. The molecular weight excluding hydrogens is 601 g/mol. The van der Waals surface area contributed by atoms with Gasteiger partial charge in [0, 0.05) is 12.1 Å². The molecule has 218 valence electrons. The Balaban J connectivity index is 1.24. The Bertz CT molecular complexity index is 1750. The molecule has 0 bridgehead atoms. The van der Waals surface area contributed by atoms with Crippen molar-refractivity contribution in [2.24, 2.45) is 5.10 Å². The number of hydrogen-bond donors (Lipinski definition) is 1. The summed E-state index contributed by atoms with van der Waals surface area (Å²) in [6.07, 6.45) is 0.622. The topological polar surface area (TPSA) is 102 Å². The number of nitrogens with zero attached hydrogens (tertiary/aromatic N) is 5. The molecule has 1 aliphatic rings. The molecule has 0 spiro atoms. The summed E-state index contributed by atoms with van der Waals surface area (Å²) < 4.78 is 7.22. The molecule has 1 aliphatic heterocycles. The lowest BCUT2D eigenvalue weighted by Crippen LogP contribution is -2.28. The van der Waals surface area contributed by atoms with Crippen LogP contribution in [0.3, 0.4) is 0 Å². The lowest BCUT2D eigenvalue weighted by Gasteiger charge is -2.22. The summed E-state index contributed by atoms with van der Waals surface area (Å²) in [5.41, 5.74) is 3.80. The minimum absolute atomic E-state index is 0.110. The molecule has 0 saturated carbocycles. The minimum atomic E-state index is -0.228. The van der Waals surface area contributed by atoms with E-state index in [1.807, 2.05) is 89.0 Å². The smallest absolute Gasteiger partial charge is 0.261 e. The molecule has 0 saturated heterocycles. The van der Waals surface area contributed by atoms with Crippen LogP contribution in [0.1, 0.15) is 44.0 Å². The van der Waals surface area contributed by atoms with E-state index in [1.54, 1.807) is 29.5 Å². The van der Waals surface area contributed by atoms with E-state index < -0.39 is 0 Å². The zero-order valence-electron chi connectivity index (χ0n) is 23.5. The number of carbonyl (C=O) groups is 2. The monoisotopic (exact) mass is 628 g/mol. The molecule has 6 rings (SSSR count). The fraction of sp³-hybridized carbons (Fsp3) is 0.194. The first kappa shape index (κ1) is 28.8. The third-order valence-corrected chi connectivity index (χ3v) is 9.61. The van der Waals surface area contributed by atoms with E-state index in [9.17, 15) is 9.59 Å². The van der Waals surface area contributed by atoms with Gasteiger partial charge >= 0.3 is 0 Å². The Morgan fingerprint density at radius 3 is 2.56 bits per heavy atom. The van der Waals surface area contributed by atoms with Gasteiger partial charge in [-0.25, -0.2) is 5.01 Å². The van der Waals surface area contributed by atoms with Crippen LogP contribution in [0.2, 0.25) is 0 Å². The molecule has 3 aromatic heterocycles. The maximum Gasteiger partial charge on any atom is 0.261 e. The van der Waals surface area contributed by atoms with Crippen LogP contribution in [-0.2, 0) is 11.3 Å². The summed E-state index contributed by atoms with van der Waals surface area (Å²) in [4.78, 5) is 28.0. The fourth-order valence-electron chi connectivity index (χ4n) is 4.80. The van der Waals surface area contributed by atoms with Crippen molar-refractivity contribution in [3.8, 4) is 11.4 Å². The number of benzene rings is 2. The maximum absolute atomic E-state index is 13.8. The number of aryl methyl sites for hydroxylation is 1. The van der Waals surface area contributed by atoms with Gasteiger partial charge in [0.2, 0.25) is 0 Å². The van der Waals surface area contributed by atoms with E-state index >= 15 is 0 Å². The molecule has 4 heterocycles. The highest BCUT2D eigenvalue weighted by Crippen LogP contribution is 2.35. The number of aromatic nitrogens is 3. The second-order valence-electron chi connectivity index (χ2n) is 9.78. The molecule has 0 unspecified atom stereocenters. The van der Waals surface area contributed by atoms with Crippen molar-refractivity contribution >= 4 is 52.0 Å². The molecule has 0 fully saturated rings. The third-order valence-electron chi connectivity index (χ3n) is 6.91. The highest BCUT2D eigenvalue weighted by atomic mass is 32.2. The Hall–Kier alpha value is -4.26. The van der Waals surface area contributed by atoms with Crippen LogP contribution in [-0.4, -0.2) is 50.2 Å². The molecular formula is C31H28N6O3S3. The van der Waals surface area contributed by atoms with Crippen LogP contribution in [0.15, 0.2) is 93.8 Å². The van der Waals surface area contributed by atoms with Gasteiger partial charge in [0.05, 0.1) is 40.9 Å². The predicted octanol–water partition coefficient (Wildman–Crippen LogP) is 6.11. The third kappa shape index (κ3) is 6.41. The van der Waals surface area contributed by atoms with Crippen molar-refractivity contribution in [2.75, 3.05) is 12.9 Å². The standard InChI is InChI=1S/C31H28N6O3S3/c1-20-6-3-7-22(16-20)36-28(18-32-30(39)27-9-5-15-42-27)33-34-31(36)43-19-29(38)37-25(21-10-12-23(40-2)13-11-21)17-24(35-37)26-8-4-14-41-26/h3-16,25H,17-19H2,1-2H3,(H,32,39)/t25-/m1/s1. The van der Waals surface area contributed by atoms with Crippen LogP contribution in [0.4, 0.5) is 0 Å². The lowest BCUT2D eigenvalue weighted by atomic mass is 10.0. The van der Waals surface area contributed by atoms with Crippen molar-refractivity contribution in [3.05, 3.63) is 110 Å². The molecule has 12 heteroatoms. The number of hydrogen-bond acceptors (Lipinski definition) is 9. The number of carbonyl (C=O) groups excluding carboxylic acids is 2. The van der Waals surface area contributed by atoms with Crippen LogP contribution in [0.25, 0.3) is 5.69 Å². The highest BCUT2D eigenvalue weighted by molar-refractivity contribution is 7.99. The summed E-state index contributed by atoms with van der Waals surface area (Å²) in [7, 11) is 1.63. The molecule has 2 amide bonds. The minimum Gasteiger partial charge on any atom is -0.497 e. The number of thioether (sulfide) groups is 1. The van der Waals surface area contributed by atoms with E-state index in [4.69, 9.17) is 9.84 Å². The fourth-order valence-corrected chi connectivity index (χ4v) is 6.98. The molecule has 43 heavy (non-hydrogen) atoms. The molecule has 5 aromatic rings. The molecule has 2 aromatic carbocycles. The number of methoxy groups -OCH3 is 1. The average Bonchev–Trinajstić information content (AvgIpc) is 3.85. The Morgan fingerprint density at radius 1 is 1.02 bits per heavy atom. The Labute approximate surface area is 261 Å². The van der Waals surface area contributed by atoms with E-state index in [2.05, 4.69) is 15.5 Å². The number of ether oxygens (including phenoxy) is 1. The first-order chi connectivity index (χ1) is 21.0. The summed E-state index contributed by atoms with van der Waals surface area (Å²) in [5.74, 6) is 1.13. The first-order valence-electron chi connectivity index (χ1n) is 13.5. The van der Waals surface area contributed by atoms with Crippen molar-refractivity contribution in [1.82, 2.24) is 25.1 Å². The van der Waals surface area contributed by atoms with Gasteiger partial charge in [-0.3, -0.25) is 14.2 Å². The van der Waals surface area contributed by atoms with Gasteiger partial charge in [0.15, 0.2) is 11.0 Å². The van der Waals surface area contributed by atoms with Gasteiger partial charge in [-0.1, -0.05) is 48.2 Å². The van der Waals surface area contributed by atoms with Crippen molar-refractivity contribution in [2.45, 2.75) is 31.1 Å². The SMILES string of the molecule is COc1ccc([C@H]2CC(c3cccs3)=NN2C(=O)CSc2nnc(CNC(=O)c3cccs3)n2-c2cccc(C)c2)cc1. The normalized spacial score (nSPS) is 14.5. The van der Waals surface area contributed by atoms with Crippen LogP contribution >= 0.6 is 34.4 Å². The summed E-state index contributed by atoms with van der Waals surface area (Å²) >= 11 is 4.29. The van der Waals surface area contributed by atoms with Crippen molar-refractivity contribution in [3.63, 3.8) is 0 Å². The zero-order chi connectivity index (χ0) is 29.8. The number of amides is 2. The van der Waals surface area contributed by atoms with E-state index in [0.717, 1.165) is 33.2 Å². The lowest BCUT2D eigenvalue weighted by molar-refractivity contribution is -0.130. The van der Waals surface area contributed by atoms with Gasteiger partial charge in [0.1, 0.15) is 5.75 Å². The molecule has 1 N–H and O–H groups in total. The summed E-state index contributed by atoms with van der Waals surface area (Å²) in [6, 6.07) is 23.1.